The van der Waals surface area contributed by atoms with Crippen molar-refractivity contribution < 1.29 is 4.79 Å². The van der Waals surface area contributed by atoms with Gasteiger partial charge in [-0.15, -0.1) is 0 Å². The number of rotatable bonds is 2. The van der Waals surface area contributed by atoms with E-state index >= 15 is 0 Å². The lowest BCUT2D eigenvalue weighted by Crippen LogP contribution is -2.48. The van der Waals surface area contributed by atoms with Crippen LogP contribution >= 0.6 is 0 Å². The van der Waals surface area contributed by atoms with Crippen molar-refractivity contribution in [3.63, 3.8) is 0 Å². The highest BCUT2D eigenvalue weighted by atomic mass is 16.2. The summed E-state index contributed by atoms with van der Waals surface area (Å²) in [6.07, 6.45) is 6.55. The third-order valence-electron chi connectivity index (χ3n) is 3.08. The predicted octanol–water partition coefficient (Wildman–Crippen LogP) is 1.25. The minimum Gasteiger partial charge on any atom is -0.358 e. The highest BCUT2D eigenvalue weighted by molar-refractivity contribution is 5.88. The monoisotopic (exact) mass is 190 g/mol. The zero-order valence-electron chi connectivity index (χ0n) is 8.29. The van der Waals surface area contributed by atoms with E-state index in [9.17, 15) is 4.79 Å². The van der Waals surface area contributed by atoms with E-state index in [2.05, 4.69) is 10.3 Å². The van der Waals surface area contributed by atoms with Crippen molar-refractivity contribution in [1.82, 2.24) is 10.3 Å². The number of nitrogens with zero attached hydrogens (tertiary/aromatic N) is 1. The van der Waals surface area contributed by atoms with E-state index < -0.39 is 0 Å². The number of nitrogens with one attached hydrogen (secondary N) is 1. The van der Waals surface area contributed by atoms with Crippen LogP contribution in [0.3, 0.4) is 0 Å². The highest BCUT2D eigenvalue weighted by Crippen LogP contribution is 2.43. The van der Waals surface area contributed by atoms with Gasteiger partial charge >= 0.3 is 0 Å². The summed E-state index contributed by atoms with van der Waals surface area (Å²) in [4.78, 5) is 15.8. The van der Waals surface area contributed by atoms with E-state index in [1.165, 1.54) is 0 Å². The second-order valence-electron chi connectivity index (χ2n) is 3.76. The van der Waals surface area contributed by atoms with Gasteiger partial charge in [-0.1, -0.05) is 12.5 Å². The zero-order valence-corrected chi connectivity index (χ0v) is 8.29. The summed E-state index contributed by atoms with van der Waals surface area (Å²) >= 11 is 0. The molecule has 0 unspecified atom stereocenters. The molecule has 1 amide bonds. The fourth-order valence-corrected chi connectivity index (χ4v) is 2.06. The first kappa shape index (κ1) is 9.19. The highest BCUT2D eigenvalue weighted by Gasteiger charge is 2.45. The van der Waals surface area contributed by atoms with Crippen LogP contribution in [0.25, 0.3) is 0 Å². The zero-order chi connectivity index (χ0) is 10.0. The first-order valence-electron chi connectivity index (χ1n) is 4.92. The van der Waals surface area contributed by atoms with Gasteiger partial charge in [-0.05, 0) is 24.5 Å². The molecule has 0 aliphatic heterocycles. The second-order valence-corrected chi connectivity index (χ2v) is 3.76. The number of hydrogen-bond acceptors (Lipinski definition) is 2. The summed E-state index contributed by atoms with van der Waals surface area (Å²) in [5, 5.41) is 2.74. The summed E-state index contributed by atoms with van der Waals surface area (Å²) in [5.74, 6) is 0.122. The fourth-order valence-electron chi connectivity index (χ4n) is 2.06. The van der Waals surface area contributed by atoms with E-state index in [1.807, 2.05) is 12.1 Å². The predicted molar refractivity (Wildman–Crippen MR) is 53.8 cm³/mol. The Hall–Kier alpha value is -1.38. The molecule has 0 bridgehead atoms. The van der Waals surface area contributed by atoms with Crippen LogP contribution in [-0.4, -0.2) is 17.9 Å². The number of hydrogen-bond donors (Lipinski definition) is 1. The molecule has 1 N–H and O–H groups in total. The van der Waals surface area contributed by atoms with E-state index in [4.69, 9.17) is 0 Å². The number of carbonyl (C=O) groups is 1. The number of carbonyl (C=O) groups excluding carboxylic acids is 1. The van der Waals surface area contributed by atoms with E-state index in [0.29, 0.717) is 0 Å². The third kappa shape index (κ3) is 1.20. The molecular formula is C11H14N2O. The first-order valence-corrected chi connectivity index (χ1v) is 4.92. The maximum atomic E-state index is 11.8. The largest absolute Gasteiger partial charge is 0.358 e. The van der Waals surface area contributed by atoms with E-state index in [-0.39, 0.29) is 11.3 Å². The molecule has 3 heteroatoms. The fraction of sp³-hybridized carbons (Fsp3) is 0.455. The molecule has 2 rings (SSSR count). The Morgan fingerprint density at radius 1 is 1.57 bits per heavy atom. The first-order chi connectivity index (χ1) is 6.79. The number of amides is 1. The summed E-state index contributed by atoms with van der Waals surface area (Å²) < 4.78 is 0. The maximum absolute atomic E-state index is 11.8. The Bertz CT molecular complexity index is 330. The van der Waals surface area contributed by atoms with Gasteiger partial charge in [0, 0.05) is 19.4 Å². The molecule has 1 aromatic rings. The normalized spacial score (nSPS) is 18.4. The third-order valence-corrected chi connectivity index (χ3v) is 3.08. The molecule has 0 saturated heterocycles. The Labute approximate surface area is 83.5 Å². The molecule has 1 aromatic heterocycles. The minimum absolute atomic E-state index is 0.122. The lowest BCUT2D eigenvalue weighted by Gasteiger charge is -2.40. The molecule has 14 heavy (non-hydrogen) atoms. The van der Waals surface area contributed by atoms with Gasteiger partial charge in [0.1, 0.15) is 0 Å². The van der Waals surface area contributed by atoms with Crippen molar-refractivity contribution >= 4 is 5.91 Å². The average molecular weight is 190 g/mol. The molecule has 1 aliphatic rings. The molecule has 1 fully saturated rings. The average Bonchev–Trinajstić information content (AvgIpc) is 2.17. The molecular weight excluding hydrogens is 176 g/mol. The van der Waals surface area contributed by atoms with Gasteiger partial charge in [0.2, 0.25) is 5.91 Å². The number of likely N-dealkylation sites (N-methyl/N-ethyl adjacent to an activating group) is 1. The van der Waals surface area contributed by atoms with Crippen molar-refractivity contribution in [2.45, 2.75) is 24.7 Å². The number of pyridine rings is 1. The maximum Gasteiger partial charge on any atom is 0.230 e. The molecule has 1 aliphatic carbocycles. The van der Waals surface area contributed by atoms with Crippen LogP contribution in [0.4, 0.5) is 0 Å². The van der Waals surface area contributed by atoms with Gasteiger partial charge in [0.05, 0.1) is 5.41 Å². The van der Waals surface area contributed by atoms with Gasteiger partial charge in [-0.25, -0.2) is 0 Å². The van der Waals surface area contributed by atoms with Crippen LogP contribution < -0.4 is 5.32 Å². The molecule has 1 heterocycles. The van der Waals surface area contributed by atoms with Crippen molar-refractivity contribution in [2.24, 2.45) is 0 Å². The van der Waals surface area contributed by atoms with Gasteiger partial charge < -0.3 is 5.32 Å². The Morgan fingerprint density at radius 2 is 2.36 bits per heavy atom. The molecule has 0 spiro atoms. The topological polar surface area (TPSA) is 42.0 Å². The molecule has 0 atom stereocenters. The number of aromatic nitrogens is 1. The molecule has 0 aromatic carbocycles. The van der Waals surface area contributed by atoms with Crippen molar-refractivity contribution in [1.29, 1.82) is 0 Å². The molecule has 74 valence electrons. The van der Waals surface area contributed by atoms with Crippen molar-refractivity contribution in [3.8, 4) is 0 Å². The summed E-state index contributed by atoms with van der Waals surface area (Å²) in [5.41, 5.74) is 0.758. The Balaban J connectivity index is 2.34. The quantitative estimate of drug-likeness (QED) is 0.762. The van der Waals surface area contributed by atoms with Crippen LogP contribution in [0.1, 0.15) is 24.8 Å². The van der Waals surface area contributed by atoms with Crippen LogP contribution in [0.15, 0.2) is 24.5 Å². The molecule has 1 saturated carbocycles. The van der Waals surface area contributed by atoms with E-state index in [1.54, 1.807) is 19.4 Å². The van der Waals surface area contributed by atoms with Crippen LogP contribution in [-0.2, 0) is 10.2 Å². The summed E-state index contributed by atoms with van der Waals surface area (Å²) in [6, 6.07) is 3.87. The SMILES string of the molecule is CNC(=O)C1(c2cccnc2)CCC1. The van der Waals surface area contributed by atoms with Crippen LogP contribution in [0, 0.1) is 0 Å². The lowest BCUT2D eigenvalue weighted by atomic mass is 9.64. The smallest absolute Gasteiger partial charge is 0.230 e. The Morgan fingerprint density at radius 3 is 2.79 bits per heavy atom. The van der Waals surface area contributed by atoms with Crippen LogP contribution in [0.2, 0.25) is 0 Å². The van der Waals surface area contributed by atoms with Crippen molar-refractivity contribution in [3.05, 3.63) is 30.1 Å². The summed E-state index contributed by atoms with van der Waals surface area (Å²) in [7, 11) is 1.69. The molecule has 3 nitrogen and oxygen atoms in total. The van der Waals surface area contributed by atoms with Crippen LogP contribution in [0.5, 0.6) is 0 Å². The van der Waals surface area contributed by atoms with Crippen molar-refractivity contribution in [2.75, 3.05) is 7.05 Å². The Kier molecular flexibility index (Phi) is 2.23. The molecule has 0 radical (unpaired) electrons. The van der Waals surface area contributed by atoms with Gasteiger partial charge in [0.15, 0.2) is 0 Å². The van der Waals surface area contributed by atoms with Gasteiger partial charge in [-0.3, -0.25) is 9.78 Å². The second kappa shape index (κ2) is 3.40. The standard InChI is InChI=1S/C11H14N2O/c1-12-10(14)11(5-3-6-11)9-4-2-7-13-8-9/h2,4,7-8H,3,5-6H2,1H3,(H,12,14). The minimum atomic E-state index is -0.289. The summed E-state index contributed by atoms with van der Waals surface area (Å²) in [6.45, 7) is 0. The lowest BCUT2D eigenvalue weighted by molar-refractivity contribution is -0.129. The van der Waals surface area contributed by atoms with Gasteiger partial charge in [0.25, 0.3) is 0 Å². The van der Waals surface area contributed by atoms with E-state index in [0.717, 1.165) is 24.8 Å². The van der Waals surface area contributed by atoms with Gasteiger partial charge in [-0.2, -0.15) is 0 Å².